The predicted molar refractivity (Wildman–Crippen MR) is 124 cm³/mol. The molecule has 0 spiro atoms. The van der Waals surface area contributed by atoms with Crippen molar-refractivity contribution in [3.05, 3.63) is 54.0 Å². The molecule has 2 aromatic rings. The lowest BCUT2D eigenvalue weighted by Gasteiger charge is -2.36. The molecule has 1 aliphatic heterocycles. The normalized spacial score (nSPS) is 14.3. The Hall–Kier alpha value is -2.23. The van der Waals surface area contributed by atoms with Gasteiger partial charge in [-0.05, 0) is 42.7 Å². The van der Waals surface area contributed by atoms with E-state index < -0.39 is 0 Å². The number of aliphatic imine (C=N–C) groups is 1. The van der Waals surface area contributed by atoms with Gasteiger partial charge in [-0.1, -0.05) is 12.1 Å². The van der Waals surface area contributed by atoms with E-state index in [2.05, 4.69) is 27.3 Å². The Bertz CT molecular complexity index is 787. The first-order chi connectivity index (χ1) is 13.7. The standard InChI is InChI=1S/C21H28N4O3.HI/c1-22-21(23-10-4-7-17-6-3-8-18(16-17)27-2)25-13-11-24(12-14-25)20(26)19-9-5-15-28-19;/h3,5-6,8-9,15-16H,4,7,10-14H2,1-2H3,(H,22,23);1H. The second-order valence-corrected chi connectivity index (χ2v) is 6.69. The zero-order chi connectivity index (χ0) is 19.8. The summed E-state index contributed by atoms with van der Waals surface area (Å²) in [5, 5.41) is 3.43. The lowest BCUT2D eigenvalue weighted by molar-refractivity contribution is 0.0658. The molecule has 3 rings (SSSR count). The van der Waals surface area contributed by atoms with E-state index in [0.29, 0.717) is 18.8 Å². The van der Waals surface area contributed by atoms with E-state index in [-0.39, 0.29) is 29.9 Å². The Morgan fingerprint density at radius 2 is 1.93 bits per heavy atom. The Morgan fingerprint density at radius 3 is 2.59 bits per heavy atom. The van der Waals surface area contributed by atoms with E-state index in [1.54, 1.807) is 26.3 Å². The molecule has 0 aliphatic carbocycles. The summed E-state index contributed by atoms with van der Waals surface area (Å²) in [5.41, 5.74) is 1.26. The molecule has 0 bridgehead atoms. The smallest absolute Gasteiger partial charge is 0.289 e. The molecule has 1 aromatic heterocycles. The number of rotatable bonds is 6. The van der Waals surface area contributed by atoms with Crippen LogP contribution in [0.2, 0.25) is 0 Å². The minimum absolute atomic E-state index is 0. The first kappa shape index (κ1) is 23.1. The second kappa shape index (κ2) is 11.7. The third kappa shape index (κ3) is 6.38. The molecule has 0 unspecified atom stereocenters. The van der Waals surface area contributed by atoms with Crippen molar-refractivity contribution in [2.24, 2.45) is 4.99 Å². The molecule has 29 heavy (non-hydrogen) atoms. The number of nitrogens with zero attached hydrogens (tertiary/aromatic N) is 3. The molecule has 1 fully saturated rings. The van der Waals surface area contributed by atoms with Crippen molar-refractivity contribution in [3.63, 3.8) is 0 Å². The second-order valence-electron chi connectivity index (χ2n) is 6.69. The highest BCUT2D eigenvalue weighted by Crippen LogP contribution is 2.14. The molecule has 1 aliphatic rings. The summed E-state index contributed by atoms with van der Waals surface area (Å²) >= 11 is 0. The summed E-state index contributed by atoms with van der Waals surface area (Å²) in [7, 11) is 3.48. The fraction of sp³-hybridized carbons (Fsp3) is 0.429. The first-order valence-corrected chi connectivity index (χ1v) is 9.62. The average molecular weight is 512 g/mol. The largest absolute Gasteiger partial charge is 0.497 e. The fourth-order valence-corrected chi connectivity index (χ4v) is 3.33. The molecular formula is C21H29IN4O3. The SMILES string of the molecule is CN=C(NCCCc1cccc(OC)c1)N1CCN(C(=O)c2ccco2)CC1.I. The molecule has 1 amide bonds. The number of methoxy groups -OCH3 is 1. The van der Waals surface area contributed by atoms with Crippen LogP contribution < -0.4 is 10.1 Å². The van der Waals surface area contributed by atoms with Crippen LogP contribution in [0, 0.1) is 0 Å². The predicted octanol–water partition coefficient (Wildman–Crippen LogP) is 2.87. The summed E-state index contributed by atoms with van der Waals surface area (Å²) in [4.78, 5) is 20.8. The number of aryl methyl sites for hydroxylation is 1. The number of amides is 1. The minimum Gasteiger partial charge on any atom is -0.497 e. The highest BCUT2D eigenvalue weighted by molar-refractivity contribution is 14.0. The molecule has 1 saturated heterocycles. The number of hydrogen-bond acceptors (Lipinski definition) is 4. The molecule has 1 aromatic carbocycles. The summed E-state index contributed by atoms with van der Waals surface area (Å²) in [6.45, 7) is 3.66. The Balaban J connectivity index is 0.00000300. The maximum Gasteiger partial charge on any atom is 0.289 e. The topological polar surface area (TPSA) is 70.3 Å². The van der Waals surface area contributed by atoms with Gasteiger partial charge in [0.15, 0.2) is 11.7 Å². The quantitative estimate of drug-likeness (QED) is 0.279. The number of ether oxygens (including phenoxy) is 1. The third-order valence-corrected chi connectivity index (χ3v) is 4.87. The molecule has 0 radical (unpaired) electrons. The van der Waals surface area contributed by atoms with Crippen LogP contribution >= 0.6 is 24.0 Å². The minimum atomic E-state index is -0.0501. The lowest BCUT2D eigenvalue weighted by Crippen LogP contribution is -2.53. The number of halogens is 1. The van der Waals surface area contributed by atoms with Gasteiger partial charge in [-0.3, -0.25) is 9.79 Å². The molecule has 158 valence electrons. The van der Waals surface area contributed by atoms with E-state index in [1.807, 2.05) is 17.0 Å². The van der Waals surface area contributed by atoms with Gasteiger partial charge in [-0.15, -0.1) is 24.0 Å². The maximum atomic E-state index is 12.4. The lowest BCUT2D eigenvalue weighted by atomic mass is 10.1. The highest BCUT2D eigenvalue weighted by Gasteiger charge is 2.24. The summed E-state index contributed by atoms with van der Waals surface area (Å²) in [6, 6.07) is 11.6. The number of benzene rings is 1. The summed E-state index contributed by atoms with van der Waals surface area (Å²) in [5.74, 6) is 2.12. The first-order valence-electron chi connectivity index (χ1n) is 9.62. The molecule has 0 saturated carbocycles. The number of carbonyl (C=O) groups is 1. The van der Waals surface area contributed by atoms with Gasteiger partial charge in [-0.25, -0.2) is 0 Å². The van der Waals surface area contributed by atoms with Crippen LogP contribution in [0.3, 0.4) is 0 Å². The van der Waals surface area contributed by atoms with E-state index in [4.69, 9.17) is 9.15 Å². The van der Waals surface area contributed by atoms with Crippen LogP contribution in [0.4, 0.5) is 0 Å². The van der Waals surface area contributed by atoms with Crippen LogP contribution in [0.5, 0.6) is 5.75 Å². The van der Waals surface area contributed by atoms with E-state index >= 15 is 0 Å². The number of furan rings is 1. The zero-order valence-electron chi connectivity index (χ0n) is 17.0. The number of nitrogens with one attached hydrogen (secondary N) is 1. The van der Waals surface area contributed by atoms with Gasteiger partial charge < -0.3 is 24.3 Å². The zero-order valence-corrected chi connectivity index (χ0v) is 19.3. The van der Waals surface area contributed by atoms with Crippen LogP contribution in [-0.4, -0.2) is 68.5 Å². The van der Waals surface area contributed by atoms with Gasteiger partial charge >= 0.3 is 0 Å². The number of carbonyl (C=O) groups excluding carboxylic acids is 1. The average Bonchev–Trinajstić information content (AvgIpc) is 3.28. The van der Waals surface area contributed by atoms with Crippen molar-refractivity contribution in [1.82, 2.24) is 15.1 Å². The van der Waals surface area contributed by atoms with Crippen LogP contribution in [0.1, 0.15) is 22.5 Å². The van der Waals surface area contributed by atoms with Crippen molar-refractivity contribution in [2.45, 2.75) is 12.8 Å². The highest BCUT2D eigenvalue weighted by atomic mass is 127. The molecule has 2 heterocycles. The van der Waals surface area contributed by atoms with Gasteiger partial charge in [-0.2, -0.15) is 0 Å². The van der Waals surface area contributed by atoms with Gasteiger partial charge in [0.1, 0.15) is 5.75 Å². The van der Waals surface area contributed by atoms with Gasteiger partial charge in [0.2, 0.25) is 0 Å². The van der Waals surface area contributed by atoms with Gasteiger partial charge in [0.05, 0.1) is 13.4 Å². The van der Waals surface area contributed by atoms with E-state index in [0.717, 1.165) is 44.2 Å². The van der Waals surface area contributed by atoms with Crippen LogP contribution in [0.15, 0.2) is 52.1 Å². The van der Waals surface area contributed by atoms with Gasteiger partial charge in [0.25, 0.3) is 5.91 Å². The summed E-state index contributed by atoms with van der Waals surface area (Å²) < 4.78 is 10.5. The third-order valence-electron chi connectivity index (χ3n) is 4.87. The van der Waals surface area contributed by atoms with Crippen LogP contribution in [0.25, 0.3) is 0 Å². The van der Waals surface area contributed by atoms with Crippen molar-refractivity contribution < 1.29 is 13.9 Å². The summed E-state index contributed by atoms with van der Waals surface area (Å²) in [6.07, 6.45) is 3.51. The molecule has 1 N–H and O–H groups in total. The van der Waals surface area contributed by atoms with Crippen molar-refractivity contribution in [2.75, 3.05) is 46.9 Å². The number of piperazine rings is 1. The number of hydrogen-bond donors (Lipinski definition) is 1. The Morgan fingerprint density at radius 1 is 1.17 bits per heavy atom. The monoisotopic (exact) mass is 512 g/mol. The molecule has 8 heteroatoms. The van der Waals surface area contributed by atoms with Crippen LogP contribution in [-0.2, 0) is 6.42 Å². The maximum absolute atomic E-state index is 12.4. The fourth-order valence-electron chi connectivity index (χ4n) is 3.33. The number of guanidine groups is 1. The van der Waals surface area contributed by atoms with E-state index in [1.165, 1.54) is 11.8 Å². The Kier molecular flexibility index (Phi) is 9.30. The molecule has 7 nitrogen and oxygen atoms in total. The van der Waals surface area contributed by atoms with Crippen molar-refractivity contribution in [1.29, 1.82) is 0 Å². The van der Waals surface area contributed by atoms with E-state index in [9.17, 15) is 4.79 Å². The van der Waals surface area contributed by atoms with Crippen molar-refractivity contribution >= 4 is 35.8 Å². The van der Waals surface area contributed by atoms with Gasteiger partial charge in [0, 0.05) is 39.8 Å². The van der Waals surface area contributed by atoms with Crippen molar-refractivity contribution in [3.8, 4) is 5.75 Å². The Labute approximate surface area is 189 Å². The molecule has 0 atom stereocenters. The molecular weight excluding hydrogens is 483 g/mol.